The van der Waals surface area contributed by atoms with Crippen molar-refractivity contribution in [3.05, 3.63) is 41.7 Å². The van der Waals surface area contributed by atoms with Gasteiger partial charge < -0.3 is 9.84 Å². The van der Waals surface area contributed by atoms with Gasteiger partial charge in [0.25, 0.3) is 0 Å². The van der Waals surface area contributed by atoms with E-state index in [-0.39, 0.29) is 24.9 Å². The number of benzene rings is 1. The summed E-state index contributed by atoms with van der Waals surface area (Å²) >= 11 is 0. The Kier molecular flexibility index (Phi) is 5.17. The molecule has 9 nitrogen and oxygen atoms in total. The minimum atomic E-state index is -2.45. The number of aliphatic carboxylic acids is 1. The molecule has 0 spiro atoms. The molecular formula is C21H27N5O4. The number of hydrogen-bond donors (Lipinski definition) is 2. The molecular weight excluding hydrogens is 386 g/mol. The summed E-state index contributed by atoms with van der Waals surface area (Å²) < 4.78 is 31.4. The fraction of sp³-hybridized carbons (Fsp3) is 0.571. The summed E-state index contributed by atoms with van der Waals surface area (Å²) in [6, 6.07) is 6.40. The number of carbonyl (C=O) groups is 2. The number of aromatic amines is 1. The van der Waals surface area contributed by atoms with E-state index < -0.39 is 30.5 Å². The van der Waals surface area contributed by atoms with E-state index in [4.69, 9.17) is 8.85 Å². The topological polar surface area (TPSA) is 121 Å². The molecule has 0 unspecified atom stereocenters. The molecule has 9 heteroatoms. The lowest BCUT2D eigenvalue weighted by atomic mass is 9.68. The lowest BCUT2D eigenvalue weighted by Gasteiger charge is -2.45. The number of H-pyrrole nitrogens is 1. The molecule has 2 fully saturated rings. The summed E-state index contributed by atoms with van der Waals surface area (Å²) in [6.07, 6.45) is 1.94. The largest absolute Gasteiger partial charge is 0.480 e. The standard InChI is InChI=1S/C21H27N5O4/c27-20(28)18-11-17-10-14(7-9-19-22-24-25-23-19)6-8-16(17)12-26(18)21(29)30-13-15-4-2-1-3-5-15/h1-5,14,16-18H,6-13H2,(H,27,28)(H,22,23,24,25)/t14-,16+,17-,18+/m1/s1/i12D2,18D. The summed E-state index contributed by atoms with van der Waals surface area (Å²) in [6.45, 7) is -2.45. The highest BCUT2D eigenvalue weighted by Gasteiger charge is 2.44. The number of aryl methyl sites for hydroxylation is 1. The third-order valence-corrected chi connectivity index (χ3v) is 5.91. The van der Waals surface area contributed by atoms with Crippen molar-refractivity contribution < 1.29 is 23.5 Å². The average molecular weight is 416 g/mol. The summed E-state index contributed by atoms with van der Waals surface area (Å²) in [5.74, 6) is -1.63. The van der Waals surface area contributed by atoms with Crippen LogP contribution in [0, 0.1) is 17.8 Å². The molecule has 4 atom stereocenters. The van der Waals surface area contributed by atoms with Crippen molar-refractivity contribution in [2.45, 2.75) is 51.1 Å². The molecule has 1 aliphatic heterocycles. The van der Waals surface area contributed by atoms with Gasteiger partial charge in [0, 0.05) is 15.7 Å². The van der Waals surface area contributed by atoms with Crippen LogP contribution in [0.1, 0.15) is 47.6 Å². The smallest absolute Gasteiger partial charge is 0.410 e. The van der Waals surface area contributed by atoms with E-state index in [1.807, 2.05) is 6.07 Å². The van der Waals surface area contributed by atoms with Crippen LogP contribution in [0.4, 0.5) is 4.79 Å². The Morgan fingerprint density at radius 3 is 2.83 bits per heavy atom. The Morgan fingerprint density at radius 2 is 2.10 bits per heavy atom. The van der Waals surface area contributed by atoms with Gasteiger partial charge in [-0.1, -0.05) is 42.0 Å². The molecule has 0 radical (unpaired) electrons. The van der Waals surface area contributed by atoms with Gasteiger partial charge >= 0.3 is 12.1 Å². The summed E-state index contributed by atoms with van der Waals surface area (Å²) in [4.78, 5) is 25.6. The van der Waals surface area contributed by atoms with Crippen LogP contribution in [0.2, 0.25) is 0 Å². The number of likely N-dealkylation sites (tertiary alicyclic amines) is 1. The third-order valence-electron chi connectivity index (χ3n) is 5.91. The second kappa shape index (κ2) is 9.23. The second-order valence-electron chi connectivity index (χ2n) is 7.87. The lowest BCUT2D eigenvalue weighted by Crippen LogP contribution is -2.54. The Morgan fingerprint density at radius 1 is 1.27 bits per heavy atom. The van der Waals surface area contributed by atoms with E-state index in [1.165, 1.54) is 0 Å². The number of tetrazole rings is 1. The molecule has 2 N–H and O–H groups in total. The van der Waals surface area contributed by atoms with Crippen molar-refractivity contribution in [3.63, 3.8) is 0 Å². The molecule has 2 aromatic rings. The van der Waals surface area contributed by atoms with Crippen molar-refractivity contribution in [3.8, 4) is 0 Å². The molecule has 160 valence electrons. The minimum absolute atomic E-state index is 0.131. The van der Waals surface area contributed by atoms with Gasteiger partial charge in [0.2, 0.25) is 0 Å². The number of amides is 1. The van der Waals surface area contributed by atoms with Crippen LogP contribution in [0.15, 0.2) is 30.3 Å². The predicted molar refractivity (Wildman–Crippen MR) is 106 cm³/mol. The molecule has 1 aliphatic carbocycles. The van der Waals surface area contributed by atoms with Crippen LogP contribution in [-0.4, -0.2) is 55.2 Å². The van der Waals surface area contributed by atoms with E-state index in [0.29, 0.717) is 35.6 Å². The van der Waals surface area contributed by atoms with Crippen LogP contribution in [0.5, 0.6) is 0 Å². The van der Waals surface area contributed by atoms with Gasteiger partial charge in [0.1, 0.15) is 12.6 Å². The minimum Gasteiger partial charge on any atom is -0.480 e. The van der Waals surface area contributed by atoms with Crippen LogP contribution >= 0.6 is 0 Å². The van der Waals surface area contributed by atoms with Crippen LogP contribution in [0.3, 0.4) is 0 Å². The van der Waals surface area contributed by atoms with E-state index in [9.17, 15) is 14.7 Å². The van der Waals surface area contributed by atoms with E-state index in [0.717, 1.165) is 12.8 Å². The number of carboxylic acid groups (broad SMARTS) is 1. The van der Waals surface area contributed by atoms with E-state index in [1.54, 1.807) is 24.3 Å². The number of nitrogens with zero attached hydrogens (tertiary/aromatic N) is 4. The maximum Gasteiger partial charge on any atom is 0.410 e. The summed E-state index contributed by atoms with van der Waals surface area (Å²) in [5, 5.41) is 23.7. The molecule has 0 bridgehead atoms. The number of carboxylic acids is 1. The van der Waals surface area contributed by atoms with Gasteiger partial charge in [-0.15, -0.1) is 10.2 Å². The van der Waals surface area contributed by atoms with Gasteiger partial charge in [-0.2, -0.15) is 5.21 Å². The first-order valence-electron chi connectivity index (χ1n) is 11.7. The molecule has 1 aromatic heterocycles. The Balaban J connectivity index is 1.50. The summed E-state index contributed by atoms with van der Waals surface area (Å²) in [5.41, 5.74) is 0.689. The Hall–Kier alpha value is -2.97. The highest BCUT2D eigenvalue weighted by atomic mass is 16.6. The van der Waals surface area contributed by atoms with Crippen LogP contribution < -0.4 is 0 Å². The normalized spacial score (nSPS) is 31.7. The van der Waals surface area contributed by atoms with Gasteiger partial charge in [0.15, 0.2) is 5.82 Å². The molecule has 1 saturated carbocycles. The van der Waals surface area contributed by atoms with Gasteiger partial charge in [-0.25, -0.2) is 9.59 Å². The SMILES string of the molecule is [2H]C1([2H])[C@@H]2CC[C@H](CCc3nn[nH]n3)C[C@@H]2C[C@@]([2H])(C(=O)O)N1C(=O)OCc1ccccc1. The maximum atomic E-state index is 12.9. The van der Waals surface area contributed by atoms with Crippen LogP contribution in [-0.2, 0) is 22.6 Å². The van der Waals surface area contributed by atoms with Crippen molar-refractivity contribution >= 4 is 12.1 Å². The fourth-order valence-electron chi connectivity index (χ4n) is 4.35. The highest BCUT2D eigenvalue weighted by Crippen LogP contribution is 2.42. The number of hydrogen-bond acceptors (Lipinski definition) is 6. The fourth-order valence-corrected chi connectivity index (χ4v) is 4.35. The molecule has 1 amide bonds. The number of nitrogens with one attached hydrogen (secondary N) is 1. The van der Waals surface area contributed by atoms with E-state index >= 15 is 0 Å². The first-order chi connectivity index (χ1) is 15.7. The number of ether oxygens (including phenoxy) is 1. The number of rotatable bonds is 6. The van der Waals surface area contributed by atoms with Gasteiger partial charge in [-0.3, -0.25) is 4.90 Å². The average Bonchev–Trinajstić information content (AvgIpc) is 3.30. The predicted octanol–water partition coefficient (Wildman–Crippen LogP) is 2.66. The molecule has 2 aliphatic rings. The van der Waals surface area contributed by atoms with Crippen molar-refractivity contribution in [1.82, 2.24) is 25.5 Å². The Bertz CT molecular complexity index is 978. The van der Waals surface area contributed by atoms with Crippen molar-refractivity contribution in [1.29, 1.82) is 0 Å². The van der Waals surface area contributed by atoms with Gasteiger partial charge in [0.05, 0.1) is 1.37 Å². The number of piperidine rings is 1. The first-order valence-corrected chi connectivity index (χ1v) is 10.2. The van der Waals surface area contributed by atoms with Gasteiger partial charge in [-0.05, 0) is 49.0 Å². The molecule has 1 saturated heterocycles. The molecule has 4 rings (SSSR count). The quantitative estimate of drug-likeness (QED) is 0.742. The Labute approximate surface area is 179 Å². The van der Waals surface area contributed by atoms with Crippen LogP contribution in [0.25, 0.3) is 0 Å². The second-order valence-corrected chi connectivity index (χ2v) is 7.87. The first kappa shape index (κ1) is 16.8. The van der Waals surface area contributed by atoms with E-state index in [2.05, 4.69) is 20.6 Å². The number of fused-ring (bicyclic) bond motifs is 1. The third kappa shape index (κ3) is 4.77. The lowest BCUT2D eigenvalue weighted by molar-refractivity contribution is -0.146. The zero-order valence-electron chi connectivity index (χ0n) is 19.5. The number of carbonyl (C=O) groups excluding carboxylic acids is 1. The monoisotopic (exact) mass is 416 g/mol. The van der Waals surface area contributed by atoms with Crippen molar-refractivity contribution in [2.24, 2.45) is 17.8 Å². The molecule has 1 aromatic carbocycles. The summed E-state index contributed by atoms with van der Waals surface area (Å²) in [7, 11) is 0. The maximum absolute atomic E-state index is 12.9. The molecule has 30 heavy (non-hydrogen) atoms. The number of aromatic nitrogens is 4. The highest BCUT2D eigenvalue weighted by molar-refractivity contribution is 5.80. The zero-order chi connectivity index (χ0) is 23.6. The molecule has 2 heterocycles. The van der Waals surface area contributed by atoms with Crippen molar-refractivity contribution in [2.75, 3.05) is 6.50 Å². The zero-order valence-corrected chi connectivity index (χ0v) is 16.5.